The molecule has 0 atom stereocenters. The fourth-order valence-electron chi connectivity index (χ4n) is 1.96. The van der Waals surface area contributed by atoms with Gasteiger partial charge in [0, 0.05) is 11.1 Å². The van der Waals surface area contributed by atoms with Crippen LogP contribution in [0.15, 0.2) is 48.5 Å². The van der Waals surface area contributed by atoms with Gasteiger partial charge >= 0.3 is 5.97 Å². The second-order valence-corrected chi connectivity index (χ2v) is 5.36. The molecule has 2 aromatic carbocycles. The minimum atomic E-state index is -0.460. The first-order valence-corrected chi connectivity index (χ1v) is 7.77. The van der Waals surface area contributed by atoms with Gasteiger partial charge in [-0.05, 0) is 41.5 Å². The number of nitriles is 1. The number of nitrogens with zero attached hydrogens (tertiary/aromatic N) is 1. The van der Waals surface area contributed by atoms with Gasteiger partial charge < -0.3 is 14.2 Å². The molecule has 128 valence electrons. The number of esters is 1. The van der Waals surface area contributed by atoms with Gasteiger partial charge in [-0.2, -0.15) is 5.26 Å². The van der Waals surface area contributed by atoms with Gasteiger partial charge in [0.05, 0.1) is 7.11 Å². The molecule has 0 radical (unpaired) electrons. The molecule has 0 fully saturated rings. The Bertz CT molecular complexity index is 794. The van der Waals surface area contributed by atoms with Crippen LogP contribution in [0.4, 0.5) is 0 Å². The van der Waals surface area contributed by atoms with Gasteiger partial charge in [0.15, 0.2) is 18.1 Å². The molecule has 0 spiro atoms. The maximum absolute atomic E-state index is 11.8. The normalized spacial score (nSPS) is 10.3. The van der Waals surface area contributed by atoms with Crippen LogP contribution in [0.1, 0.15) is 11.1 Å². The van der Waals surface area contributed by atoms with E-state index in [1.165, 1.54) is 13.2 Å². The standard InChI is InChI=1S/C19H16ClNO4/c1-23-18-12-14(4-8-17(18)24-11-10-21)5-9-19(22)25-13-15-2-6-16(20)7-3-15/h2-9,12H,11,13H2,1H3/b9-5+. The van der Waals surface area contributed by atoms with E-state index in [9.17, 15) is 4.79 Å². The number of benzene rings is 2. The van der Waals surface area contributed by atoms with Crippen LogP contribution in [-0.2, 0) is 16.1 Å². The first kappa shape index (κ1) is 18.4. The van der Waals surface area contributed by atoms with Crippen molar-refractivity contribution < 1.29 is 19.0 Å². The Morgan fingerprint density at radius 3 is 2.64 bits per heavy atom. The zero-order valence-corrected chi connectivity index (χ0v) is 14.3. The number of hydrogen-bond acceptors (Lipinski definition) is 5. The number of ether oxygens (including phenoxy) is 3. The van der Waals surface area contributed by atoms with E-state index in [0.29, 0.717) is 16.5 Å². The topological polar surface area (TPSA) is 68.6 Å². The van der Waals surface area contributed by atoms with E-state index in [4.69, 9.17) is 31.1 Å². The summed E-state index contributed by atoms with van der Waals surface area (Å²) >= 11 is 5.80. The molecule has 0 aliphatic heterocycles. The highest BCUT2D eigenvalue weighted by atomic mass is 35.5. The molecule has 5 nitrogen and oxygen atoms in total. The summed E-state index contributed by atoms with van der Waals surface area (Å²) in [5.74, 6) is 0.483. The van der Waals surface area contributed by atoms with Crippen LogP contribution in [0.5, 0.6) is 11.5 Å². The van der Waals surface area contributed by atoms with E-state index in [0.717, 1.165) is 11.1 Å². The monoisotopic (exact) mass is 357 g/mol. The smallest absolute Gasteiger partial charge is 0.331 e. The molecule has 0 unspecified atom stereocenters. The van der Waals surface area contributed by atoms with E-state index in [-0.39, 0.29) is 13.2 Å². The summed E-state index contributed by atoms with van der Waals surface area (Å²) < 4.78 is 15.6. The fraction of sp³-hybridized carbons (Fsp3) is 0.158. The first-order chi connectivity index (χ1) is 12.1. The van der Waals surface area contributed by atoms with Crippen molar-refractivity contribution in [3.05, 3.63) is 64.7 Å². The molecule has 0 saturated heterocycles. The van der Waals surface area contributed by atoms with Crippen LogP contribution < -0.4 is 9.47 Å². The summed E-state index contributed by atoms with van der Waals surface area (Å²) in [5.41, 5.74) is 1.59. The largest absolute Gasteiger partial charge is 0.493 e. The molecule has 0 aliphatic carbocycles. The molecule has 2 aromatic rings. The Labute approximate surface area is 151 Å². The van der Waals surface area contributed by atoms with Crippen LogP contribution in [-0.4, -0.2) is 19.7 Å². The zero-order valence-electron chi connectivity index (χ0n) is 13.6. The molecule has 0 amide bonds. The van der Waals surface area contributed by atoms with Gasteiger partial charge in [0.2, 0.25) is 0 Å². The average Bonchev–Trinajstić information content (AvgIpc) is 2.64. The van der Waals surface area contributed by atoms with Gasteiger partial charge in [0.25, 0.3) is 0 Å². The van der Waals surface area contributed by atoms with Crippen molar-refractivity contribution in [2.45, 2.75) is 6.61 Å². The van der Waals surface area contributed by atoms with Crippen molar-refractivity contribution in [2.24, 2.45) is 0 Å². The van der Waals surface area contributed by atoms with Crippen molar-refractivity contribution in [3.8, 4) is 17.6 Å². The highest BCUT2D eigenvalue weighted by Gasteiger charge is 2.05. The van der Waals surface area contributed by atoms with Crippen LogP contribution >= 0.6 is 11.6 Å². The second kappa shape index (κ2) is 9.36. The molecule has 0 saturated carbocycles. The second-order valence-electron chi connectivity index (χ2n) is 4.92. The van der Waals surface area contributed by atoms with Crippen LogP contribution in [0.25, 0.3) is 6.08 Å². The number of halogens is 1. The fourth-order valence-corrected chi connectivity index (χ4v) is 2.09. The van der Waals surface area contributed by atoms with Crippen molar-refractivity contribution in [3.63, 3.8) is 0 Å². The van der Waals surface area contributed by atoms with Crippen molar-refractivity contribution in [1.82, 2.24) is 0 Å². The molecule has 25 heavy (non-hydrogen) atoms. The van der Waals surface area contributed by atoms with Crippen LogP contribution in [0.3, 0.4) is 0 Å². The number of hydrogen-bond donors (Lipinski definition) is 0. The van der Waals surface area contributed by atoms with Gasteiger partial charge in [-0.1, -0.05) is 29.8 Å². The third kappa shape index (κ3) is 5.87. The minimum Gasteiger partial charge on any atom is -0.493 e. The highest BCUT2D eigenvalue weighted by Crippen LogP contribution is 2.28. The SMILES string of the molecule is COc1cc(/C=C/C(=O)OCc2ccc(Cl)cc2)ccc1OCC#N. The lowest BCUT2D eigenvalue weighted by atomic mass is 10.2. The number of methoxy groups -OCH3 is 1. The van der Waals surface area contributed by atoms with Crippen molar-refractivity contribution in [2.75, 3.05) is 13.7 Å². The third-order valence-corrected chi connectivity index (χ3v) is 3.44. The zero-order chi connectivity index (χ0) is 18.1. The van der Waals surface area contributed by atoms with Gasteiger partial charge in [-0.15, -0.1) is 0 Å². The number of carbonyl (C=O) groups is 1. The van der Waals surface area contributed by atoms with Gasteiger partial charge in [-0.25, -0.2) is 4.79 Å². The lowest BCUT2D eigenvalue weighted by Crippen LogP contribution is -2.00. The van der Waals surface area contributed by atoms with Crippen molar-refractivity contribution in [1.29, 1.82) is 5.26 Å². The molecule has 0 N–H and O–H groups in total. The third-order valence-electron chi connectivity index (χ3n) is 3.19. The molecule has 0 heterocycles. The Morgan fingerprint density at radius 2 is 1.96 bits per heavy atom. The molecule has 2 rings (SSSR count). The van der Waals surface area contributed by atoms with E-state index >= 15 is 0 Å². The predicted molar refractivity (Wildman–Crippen MR) is 94.4 cm³/mol. The maximum Gasteiger partial charge on any atom is 0.331 e. The number of carbonyl (C=O) groups excluding carboxylic acids is 1. The predicted octanol–water partition coefficient (Wildman–Crippen LogP) is 4.01. The van der Waals surface area contributed by atoms with Gasteiger partial charge in [0.1, 0.15) is 12.7 Å². The molecule has 0 bridgehead atoms. The Hall–Kier alpha value is -2.97. The number of rotatable bonds is 7. The van der Waals surface area contributed by atoms with Crippen LogP contribution in [0.2, 0.25) is 5.02 Å². The molecule has 0 aliphatic rings. The lowest BCUT2D eigenvalue weighted by molar-refractivity contribution is -0.138. The van der Waals surface area contributed by atoms with E-state index in [1.807, 2.05) is 6.07 Å². The molecular weight excluding hydrogens is 342 g/mol. The molecular formula is C19H16ClNO4. The highest BCUT2D eigenvalue weighted by molar-refractivity contribution is 6.30. The minimum absolute atomic E-state index is 0.0669. The van der Waals surface area contributed by atoms with Crippen LogP contribution in [0, 0.1) is 11.3 Å². The van der Waals surface area contributed by atoms with Gasteiger partial charge in [-0.3, -0.25) is 0 Å². The quantitative estimate of drug-likeness (QED) is 0.553. The first-order valence-electron chi connectivity index (χ1n) is 7.39. The van der Waals surface area contributed by atoms with E-state index in [2.05, 4.69) is 0 Å². The summed E-state index contributed by atoms with van der Waals surface area (Å²) in [6.07, 6.45) is 2.95. The molecule has 0 aromatic heterocycles. The molecule has 6 heteroatoms. The summed E-state index contributed by atoms with van der Waals surface area (Å²) in [7, 11) is 1.50. The Morgan fingerprint density at radius 1 is 1.20 bits per heavy atom. The van der Waals surface area contributed by atoms with Crippen molar-refractivity contribution >= 4 is 23.6 Å². The van der Waals surface area contributed by atoms with E-state index < -0.39 is 5.97 Å². The lowest BCUT2D eigenvalue weighted by Gasteiger charge is -2.08. The summed E-state index contributed by atoms with van der Waals surface area (Å²) in [6.45, 7) is 0.104. The Balaban J connectivity index is 1.94. The Kier molecular flexibility index (Phi) is 6.87. The summed E-state index contributed by atoms with van der Waals surface area (Å²) in [4.78, 5) is 11.8. The van der Waals surface area contributed by atoms with E-state index in [1.54, 1.807) is 48.5 Å². The average molecular weight is 358 g/mol. The summed E-state index contributed by atoms with van der Waals surface area (Å²) in [6, 6.07) is 14.1. The maximum atomic E-state index is 11.8. The summed E-state index contributed by atoms with van der Waals surface area (Å²) in [5, 5.41) is 9.18.